The van der Waals surface area contributed by atoms with Crippen LogP contribution in [0.3, 0.4) is 0 Å². The van der Waals surface area contributed by atoms with Crippen molar-refractivity contribution < 1.29 is 47.5 Å². The maximum absolute atomic E-state index is 13.5. The summed E-state index contributed by atoms with van der Waals surface area (Å²) in [6, 6.07) is 20.3. The molecule has 4 unspecified atom stereocenters. The summed E-state index contributed by atoms with van der Waals surface area (Å²) in [7, 11) is 0. The number of carbonyl (C=O) groups excluding carboxylic acids is 2. The van der Waals surface area contributed by atoms with Crippen LogP contribution in [0.4, 0.5) is 5.00 Å². The topological polar surface area (TPSA) is 136 Å². The van der Waals surface area contributed by atoms with Gasteiger partial charge in [0.05, 0.1) is 50.8 Å². The highest BCUT2D eigenvalue weighted by Gasteiger charge is 2.49. The lowest BCUT2D eigenvalue weighted by atomic mass is 9.84. The molecule has 7 rings (SSSR count). The number of hydrogen-bond donors (Lipinski definition) is 1. The highest BCUT2D eigenvalue weighted by Crippen LogP contribution is 2.37. The fourth-order valence-electron chi connectivity index (χ4n) is 7.47. The van der Waals surface area contributed by atoms with Crippen LogP contribution in [0.5, 0.6) is 11.5 Å². The molecule has 2 aromatic carbocycles. The van der Waals surface area contributed by atoms with E-state index in [1.807, 2.05) is 32.0 Å². The predicted octanol–water partition coefficient (Wildman–Crippen LogP) is 10.7. The molecule has 1 N–H and O–H groups in total. The normalized spacial score (nSPS) is 21.1. The van der Waals surface area contributed by atoms with Gasteiger partial charge in [-0.2, -0.15) is 5.10 Å². The van der Waals surface area contributed by atoms with Crippen LogP contribution in [-0.4, -0.2) is 88.5 Å². The van der Waals surface area contributed by atoms with E-state index in [1.54, 1.807) is 65.3 Å². The fraction of sp³-hybridized carbons (Fsp3) is 0.531. The second-order valence-corrected chi connectivity index (χ2v) is 19.3. The number of nitrogens with one attached hydrogen (secondary N) is 1. The molecule has 2 aromatic heterocycles. The van der Waals surface area contributed by atoms with Crippen molar-refractivity contribution in [2.24, 2.45) is 16.4 Å². The summed E-state index contributed by atoms with van der Waals surface area (Å²) in [4.78, 5) is 29.2. The minimum absolute atomic E-state index is 0.147. The summed E-state index contributed by atoms with van der Waals surface area (Å²) in [6.07, 6.45) is 8.23. The van der Waals surface area contributed by atoms with Crippen LogP contribution in [0.15, 0.2) is 77.2 Å². The van der Waals surface area contributed by atoms with Crippen molar-refractivity contribution in [1.29, 1.82) is 0 Å². The Morgan fingerprint density at radius 2 is 1.49 bits per heavy atom. The molecule has 3 aliphatic rings. The van der Waals surface area contributed by atoms with Gasteiger partial charge in [0.15, 0.2) is 6.29 Å². The van der Waals surface area contributed by atoms with Crippen molar-refractivity contribution in [3.63, 3.8) is 0 Å². The molecule has 63 heavy (non-hydrogen) atoms. The number of carbonyl (C=O) groups is 2. The molecule has 0 amide bonds. The van der Waals surface area contributed by atoms with Gasteiger partial charge in [0, 0.05) is 40.3 Å². The first kappa shape index (κ1) is 46.7. The maximum atomic E-state index is 13.5. The first-order chi connectivity index (χ1) is 30.6. The Labute approximate surface area is 379 Å². The summed E-state index contributed by atoms with van der Waals surface area (Å²) in [5.74, 6) is 0.233. The first-order valence-electron chi connectivity index (χ1n) is 22.4. The molecule has 0 bridgehead atoms. The van der Waals surface area contributed by atoms with E-state index >= 15 is 0 Å². The molecule has 2 aliphatic heterocycles. The quantitative estimate of drug-likeness (QED) is 0.0224. The number of hydrazone groups is 1. The Kier molecular flexibility index (Phi) is 16.7. The van der Waals surface area contributed by atoms with Gasteiger partial charge in [-0.1, -0.05) is 13.3 Å². The van der Waals surface area contributed by atoms with E-state index < -0.39 is 18.0 Å². The van der Waals surface area contributed by atoms with Gasteiger partial charge in [0.2, 0.25) is 0 Å². The zero-order valence-corrected chi connectivity index (χ0v) is 38.6. The van der Waals surface area contributed by atoms with Crippen LogP contribution >= 0.6 is 22.7 Å². The molecule has 340 valence electrons. The second-order valence-electron chi connectivity index (χ2n) is 17.3. The van der Waals surface area contributed by atoms with Gasteiger partial charge >= 0.3 is 11.9 Å². The predicted molar refractivity (Wildman–Crippen MR) is 246 cm³/mol. The molecule has 4 heterocycles. The molecule has 4 aromatic rings. The molecular formula is C49H62N2O10S2. The summed E-state index contributed by atoms with van der Waals surface area (Å²) in [6.45, 7) is 13.1. The number of epoxide rings is 1. The number of ether oxygens (including phenoxy) is 8. The number of hydrogen-bond acceptors (Lipinski definition) is 14. The Morgan fingerprint density at radius 3 is 2.11 bits per heavy atom. The lowest BCUT2D eigenvalue weighted by molar-refractivity contribution is -0.150. The van der Waals surface area contributed by atoms with Crippen LogP contribution in [0, 0.1) is 18.3 Å². The van der Waals surface area contributed by atoms with Crippen LogP contribution in [0.25, 0.3) is 9.75 Å². The van der Waals surface area contributed by atoms with Gasteiger partial charge in [-0.3, -0.25) is 5.43 Å². The molecule has 0 spiro atoms. The third-order valence-electron chi connectivity index (χ3n) is 11.7. The molecule has 4 atom stereocenters. The van der Waals surface area contributed by atoms with Gasteiger partial charge in [0.1, 0.15) is 34.3 Å². The van der Waals surface area contributed by atoms with E-state index in [2.05, 4.69) is 41.9 Å². The van der Waals surface area contributed by atoms with E-state index in [0.29, 0.717) is 61.7 Å². The summed E-state index contributed by atoms with van der Waals surface area (Å²) >= 11 is 3.34. The lowest BCUT2D eigenvalue weighted by Crippen LogP contribution is -2.45. The first-order valence-corrected chi connectivity index (χ1v) is 24.0. The largest absolute Gasteiger partial charge is 0.494 e. The van der Waals surface area contributed by atoms with Gasteiger partial charge in [-0.05, 0) is 143 Å². The maximum Gasteiger partial charge on any atom is 0.338 e. The number of aryl methyl sites for hydroxylation is 1. The smallest absolute Gasteiger partial charge is 0.338 e. The molecular weight excluding hydrogens is 841 g/mol. The Balaban J connectivity index is 0.871. The second kappa shape index (κ2) is 22.5. The van der Waals surface area contributed by atoms with Crippen molar-refractivity contribution >= 4 is 45.8 Å². The highest BCUT2D eigenvalue weighted by atomic mass is 32.1. The summed E-state index contributed by atoms with van der Waals surface area (Å²) < 4.78 is 46.4. The van der Waals surface area contributed by atoms with Crippen LogP contribution < -0.4 is 14.9 Å². The standard InChI is InChI=1S/C49H62N2O10S2/c1-5-49(32-55-33-49)31-54-23-8-6-7-9-24-56-38-17-13-36(14-18-38)46(53)60-41-20-19-40(28-37(41)29-50-51-44-22-21-42(63-44)43-27-34(2)30-62-43)59-45(52)35-11-15-39(16-12-35)57-25-10-26-58-47-48(3,4)61-47/h11-18,21-22,27,29-30,37,40-41,47,51H,5-10,19-20,23-26,28,31-33H2,1-4H3/b50-29+. The number of rotatable bonds is 25. The van der Waals surface area contributed by atoms with E-state index in [1.165, 1.54) is 10.4 Å². The third kappa shape index (κ3) is 13.8. The molecule has 0 radical (unpaired) electrons. The van der Waals surface area contributed by atoms with E-state index in [0.717, 1.165) is 74.8 Å². The van der Waals surface area contributed by atoms with Crippen molar-refractivity contribution in [2.45, 2.75) is 110 Å². The van der Waals surface area contributed by atoms with Gasteiger partial charge in [-0.25, -0.2) is 9.59 Å². The molecule has 1 saturated carbocycles. The van der Waals surface area contributed by atoms with Gasteiger partial charge in [-0.15, -0.1) is 22.7 Å². The average Bonchev–Trinajstić information content (AvgIpc) is 3.56. The van der Waals surface area contributed by atoms with Crippen molar-refractivity contribution in [3.8, 4) is 21.3 Å². The van der Waals surface area contributed by atoms with E-state index in [-0.39, 0.29) is 29.3 Å². The fourth-order valence-corrected chi connectivity index (χ4v) is 9.32. The van der Waals surface area contributed by atoms with E-state index in [4.69, 9.17) is 37.9 Å². The Morgan fingerprint density at radius 1 is 0.825 bits per heavy atom. The summed E-state index contributed by atoms with van der Waals surface area (Å²) in [5, 5.41) is 7.62. The Bertz CT molecular complexity index is 2070. The number of nitrogens with zero attached hydrogens (tertiary/aromatic N) is 1. The number of thiophene rings is 2. The highest BCUT2D eigenvalue weighted by molar-refractivity contribution is 7.23. The van der Waals surface area contributed by atoms with Crippen LogP contribution in [-0.2, 0) is 28.4 Å². The zero-order valence-electron chi connectivity index (χ0n) is 37.0. The average molecular weight is 903 g/mol. The molecule has 2 saturated heterocycles. The third-order valence-corrected chi connectivity index (χ3v) is 13.9. The SMILES string of the molecule is CCC1(COCCCCCCOc2ccc(C(=O)OC3CCC(OC(=O)c4ccc(OCCCOC5OC5(C)C)cc4)CC3/C=N/Nc3ccc(-c4cc(C)cs4)s3)cc2)COC1. The number of unbranched alkanes of at least 4 members (excludes halogenated alkanes) is 3. The lowest BCUT2D eigenvalue weighted by Gasteiger charge is -2.40. The number of esters is 2. The monoisotopic (exact) mass is 902 g/mol. The summed E-state index contributed by atoms with van der Waals surface area (Å²) in [5.41, 5.74) is 5.31. The molecule has 14 heteroatoms. The number of anilines is 1. The van der Waals surface area contributed by atoms with Crippen molar-refractivity contribution in [2.75, 3.05) is 51.7 Å². The minimum Gasteiger partial charge on any atom is -0.494 e. The van der Waals surface area contributed by atoms with E-state index in [9.17, 15) is 9.59 Å². The van der Waals surface area contributed by atoms with Gasteiger partial charge < -0.3 is 37.9 Å². The van der Waals surface area contributed by atoms with Crippen molar-refractivity contribution in [3.05, 3.63) is 88.8 Å². The number of benzene rings is 2. The Hall–Kier alpha value is -4.31. The zero-order chi connectivity index (χ0) is 44.1. The molecule has 12 nitrogen and oxygen atoms in total. The van der Waals surface area contributed by atoms with Crippen LogP contribution in [0.2, 0.25) is 0 Å². The molecule has 1 aliphatic carbocycles. The molecule has 3 fully saturated rings. The van der Waals surface area contributed by atoms with Crippen molar-refractivity contribution in [1.82, 2.24) is 0 Å². The van der Waals surface area contributed by atoms with Crippen LogP contribution in [0.1, 0.15) is 105 Å². The minimum atomic E-state index is -0.461. The van der Waals surface area contributed by atoms with Gasteiger partial charge in [0.25, 0.3) is 0 Å².